The van der Waals surface area contributed by atoms with Crippen molar-refractivity contribution in [2.45, 2.75) is 51.9 Å². The van der Waals surface area contributed by atoms with Crippen LogP contribution in [0.1, 0.15) is 51.3 Å². The molecular weight excluding hydrogens is 456 g/mol. The van der Waals surface area contributed by atoms with Gasteiger partial charge in [-0.1, -0.05) is 62.9 Å². The van der Waals surface area contributed by atoms with Crippen molar-refractivity contribution in [2.24, 2.45) is 0 Å². The van der Waals surface area contributed by atoms with Crippen molar-refractivity contribution in [3.8, 4) is 0 Å². The molecule has 2 aliphatic heterocycles. The van der Waals surface area contributed by atoms with Crippen LogP contribution in [0.5, 0.6) is 0 Å². The Morgan fingerprint density at radius 2 is 1.78 bits per heavy atom. The summed E-state index contributed by atoms with van der Waals surface area (Å²) in [6.45, 7) is 20.8. The van der Waals surface area contributed by atoms with Crippen LogP contribution in [0.15, 0.2) is 91.7 Å². The van der Waals surface area contributed by atoms with E-state index in [1.165, 1.54) is 28.2 Å². The fraction of sp³-hybridized carbons (Fsp3) is 0.333. The average molecular weight is 496 g/mol. The van der Waals surface area contributed by atoms with Gasteiger partial charge in [-0.25, -0.2) is 0 Å². The van der Waals surface area contributed by atoms with E-state index in [1.54, 1.807) is 0 Å². The molecule has 4 heteroatoms. The minimum Gasteiger partial charge on any atom is -0.466 e. The van der Waals surface area contributed by atoms with Gasteiger partial charge in [0.2, 0.25) is 5.69 Å². The number of benzene rings is 2. The third kappa shape index (κ3) is 4.73. The summed E-state index contributed by atoms with van der Waals surface area (Å²) in [4.78, 5) is 14.4. The number of hydrogen-bond donors (Lipinski definition) is 0. The maximum absolute atomic E-state index is 12.1. The molecule has 0 aromatic heterocycles. The highest BCUT2D eigenvalue weighted by Crippen LogP contribution is 2.48. The van der Waals surface area contributed by atoms with Crippen molar-refractivity contribution < 1.29 is 14.1 Å². The summed E-state index contributed by atoms with van der Waals surface area (Å²) in [7, 11) is 0. The summed E-state index contributed by atoms with van der Waals surface area (Å²) in [5.41, 5.74) is 8.05. The van der Waals surface area contributed by atoms with E-state index < -0.39 is 0 Å². The van der Waals surface area contributed by atoms with Gasteiger partial charge < -0.3 is 9.64 Å². The molecule has 0 N–H and O–H groups in total. The molecule has 0 atom stereocenters. The van der Waals surface area contributed by atoms with Crippen LogP contribution in [0.3, 0.4) is 0 Å². The third-order valence-electron chi connectivity index (χ3n) is 7.54. The molecule has 2 aromatic rings. The number of esters is 1. The number of fused-ring (bicyclic) bond motifs is 2. The van der Waals surface area contributed by atoms with Crippen LogP contribution < -0.4 is 4.90 Å². The van der Waals surface area contributed by atoms with Crippen molar-refractivity contribution in [2.75, 3.05) is 24.6 Å². The van der Waals surface area contributed by atoms with Gasteiger partial charge in [-0.15, -0.1) is 6.58 Å². The summed E-state index contributed by atoms with van der Waals surface area (Å²) in [5, 5.41) is 0. The molecule has 2 aromatic carbocycles. The van der Waals surface area contributed by atoms with Gasteiger partial charge >= 0.3 is 5.97 Å². The molecule has 0 aliphatic carbocycles. The molecule has 0 radical (unpaired) electrons. The SMILES string of the molecule is C=CCN1C(=CC=CC2=[N+](CC=C)c3ccccc3C2(C)C)C(C)(C)c2cc(CC(=O)OCC)ccc21. The second-order valence-electron chi connectivity index (χ2n) is 10.7. The highest BCUT2D eigenvalue weighted by molar-refractivity contribution is 6.03. The topological polar surface area (TPSA) is 32.5 Å². The Hall–Kier alpha value is -3.66. The normalized spacial score (nSPS) is 18.3. The van der Waals surface area contributed by atoms with E-state index in [0.717, 1.165) is 17.8 Å². The molecule has 192 valence electrons. The van der Waals surface area contributed by atoms with E-state index in [1.807, 2.05) is 25.1 Å². The van der Waals surface area contributed by atoms with E-state index in [0.29, 0.717) is 13.2 Å². The van der Waals surface area contributed by atoms with Gasteiger partial charge in [0.05, 0.1) is 18.4 Å². The van der Waals surface area contributed by atoms with Crippen molar-refractivity contribution in [1.29, 1.82) is 0 Å². The first-order chi connectivity index (χ1) is 17.7. The maximum Gasteiger partial charge on any atom is 0.310 e. The number of ether oxygens (including phenoxy) is 1. The van der Waals surface area contributed by atoms with Gasteiger partial charge in [0, 0.05) is 41.1 Å². The monoisotopic (exact) mass is 495 g/mol. The fourth-order valence-corrected chi connectivity index (χ4v) is 5.73. The van der Waals surface area contributed by atoms with Crippen molar-refractivity contribution >= 4 is 23.1 Å². The largest absolute Gasteiger partial charge is 0.466 e. The molecule has 0 amide bonds. The van der Waals surface area contributed by atoms with E-state index in [-0.39, 0.29) is 23.2 Å². The van der Waals surface area contributed by atoms with Crippen LogP contribution in [-0.2, 0) is 26.8 Å². The lowest BCUT2D eigenvalue weighted by Crippen LogP contribution is -2.28. The summed E-state index contributed by atoms with van der Waals surface area (Å²) in [6, 6.07) is 14.9. The van der Waals surface area contributed by atoms with Crippen LogP contribution in [0.4, 0.5) is 11.4 Å². The van der Waals surface area contributed by atoms with Gasteiger partial charge in [-0.05, 0) is 50.1 Å². The first-order valence-corrected chi connectivity index (χ1v) is 13.1. The minimum atomic E-state index is -0.229. The van der Waals surface area contributed by atoms with Gasteiger partial charge in [-0.3, -0.25) is 4.79 Å². The predicted molar refractivity (Wildman–Crippen MR) is 154 cm³/mol. The molecule has 0 saturated heterocycles. The Bertz CT molecular complexity index is 1320. The van der Waals surface area contributed by atoms with Crippen LogP contribution in [-0.4, -0.2) is 36.0 Å². The zero-order chi connectivity index (χ0) is 26.8. The molecule has 37 heavy (non-hydrogen) atoms. The second-order valence-corrected chi connectivity index (χ2v) is 10.7. The highest BCUT2D eigenvalue weighted by Gasteiger charge is 2.44. The molecule has 4 rings (SSSR count). The smallest absolute Gasteiger partial charge is 0.310 e. The number of rotatable bonds is 9. The predicted octanol–water partition coefficient (Wildman–Crippen LogP) is 6.78. The summed E-state index contributed by atoms with van der Waals surface area (Å²) in [6.07, 6.45) is 10.8. The van der Waals surface area contributed by atoms with E-state index in [9.17, 15) is 4.79 Å². The molecule has 2 aliphatic rings. The van der Waals surface area contributed by atoms with Crippen LogP contribution in [0.25, 0.3) is 0 Å². The Morgan fingerprint density at radius 3 is 2.49 bits per heavy atom. The number of para-hydroxylation sites is 1. The number of hydrogen-bond acceptors (Lipinski definition) is 3. The fourth-order valence-electron chi connectivity index (χ4n) is 5.73. The standard InChI is InChI=1S/C33H39N2O2/c1-8-20-34-27-15-12-11-14-25(27)32(4,5)29(34)16-13-17-30-33(6,7)26-22-24(23-31(36)37-10-3)18-19-28(26)35(30)21-9-2/h8-9,11-19,22H,1-2,10,20-21,23H2,3-7H3/q+1. The Kier molecular flexibility index (Phi) is 7.40. The van der Waals surface area contributed by atoms with Crippen LogP contribution in [0.2, 0.25) is 0 Å². The number of anilines is 1. The first-order valence-electron chi connectivity index (χ1n) is 13.1. The third-order valence-corrected chi connectivity index (χ3v) is 7.54. The zero-order valence-corrected chi connectivity index (χ0v) is 22.9. The second kappa shape index (κ2) is 10.4. The van der Waals surface area contributed by atoms with Crippen molar-refractivity contribution in [3.63, 3.8) is 0 Å². The lowest BCUT2D eigenvalue weighted by Gasteiger charge is -2.26. The molecule has 4 nitrogen and oxygen atoms in total. The van der Waals surface area contributed by atoms with Crippen molar-refractivity contribution in [1.82, 2.24) is 0 Å². The van der Waals surface area contributed by atoms with E-state index in [4.69, 9.17) is 4.74 Å². The van der Waals surface area contributed by atoms with E-state index >= 15 is 0 Å². The van der Waals surface area contributed by atoms with Gasteiger partial charge in [0.1, 0.15) is 0 Å². The van der Waals surface area contributed by atoms with Crippen LogP contribution in [0, 0.1) is 0 Å². The van der Waals surface area contributed by atoms with Gasteiger partial charge in [-0.2, -0.15) is 4.58 Å². The molecule has 0 spiro atoms. The molecule has 2 heterocycles. The van der Waals surface area contributed by atoms with Crippen LogP contribution >= 0.6 is 0 Å². The summed E-state index contributed by atoms with van der Waals surface area (Å²) < 4.78 is 7.53. The highest BCUT2D eigenvalue weighted by atomic mass is 16.5. The number of nitrogens with zero attached hydrogens (tertiary/aromatic N) is 2. The lowest BCUT2D eigenvalue weighted by atomic mass is 9.81. The van der Waals surface area contributed by atoms with Gasteiger partial charge in [0.25, 0.3) is 0 Å². The maximum atomic E-state index is 12.1. The average Bonchev–Trinajstić information content (AvgIpc) is 3.19. The molecule has 0 saturated carbocycles. The van der Waals surface area contributed by atoms with Crippen molar-refractivity contribution in [3.05, 3.63) is 108 Å². The number of allylic oxidation sites excluding steroid dienone is 4. The number of carbonyl (C=O) groups excluding carboxylic acids is 1. The quantitative estimate of drug-likeness (QED) is 0.218. The molecular formula is C33H39N2O2+. The zero-order valence-electron chi connectivity index (χ0n) is 22.9. The Balaban J connectivity index is 1.72. The summed E-state index contributed by atoms with van der Waals surface area (Å²) >= 11 is 0. The molecule has 0 fully saturated rings. The number of carbonyl (C=O) groups is 1. The Labute approximate surface area is 222 Å². The Morgan fingerprint density at radius 1 is 1.03 bits per heavy atom. The minimum absolute atomic E-state index is 0.106. The van der Waals surface area contributed by atoms with E-state index in [2.05, 4.69) is 105 Å². The summed E-state index contributed by atoms with van der Waals surface area (Å²) in [5.74, 6) is -0.193. The molecule has 0 bridgehead atoms. The first kappa shape index (κ1) is 26.4. The lowest BCUT2D eigenvalue weighted by molar-refractivity contribution is -0.425. The molecule has 0 unspecified atom stereocenters. The van der Waals surface area contributed by atoms with Gasteiger partial charge in [0.15, 0.2) is 12.3 Å².